The summed E-state index contributed by atoms with van der Waals surface area (Å²) in [6, 6.07) is 1.59. The minimum Gasteiger partial charge on any atom is -0.396 e. The van der Waals surface area contributed by atoms with E-state index in [1.807, 2.05) is 11.9 Å². The van der Waals surface area contributed by atoms with Crippen LogP contribution >= 0.6 is 11.6 Å². The highest BCUT2D eigenvalue weighted by molar-refractivity contribution is 6.33. The fraction of sp³-hybridized carbons (Fsp3) is 0.562. The molecule has 1 aliphatic heterocycles. The summed E-state index contributed by atoms with van der Waals surface area (Å²) < 4.78 is 26.6. The van der Waals surface area contributed by atoms with E-state index in [9.17, 15) is 18.7 Å². The smallest absolute Gasteiger partial charge is 0.255 e. The molecule has 0 unspecified atom stereocenters. The minimum atomic E-state index is -1.13. The van der Waals surface area contributed by atoms with Crippen LogP contribution in [-0.4, -0.2) is 72.4 Å². The van der Waals surface area contributed by atoms with Gasteiger partial charge in [0.25, 0.3) is 5.91 Å². The Morgan fingerprint density at radius 2 is 1.92 bits per heavy atom. The summed E-state index contributed by atoms with van der Waals surface area (Å²) in [5.41, 5.74) is -0.0865. The Morgan fingerprint density at radius 1 is 1.29 bits per heavy atom. The van der Waals surface area contributed by atoms with E-state index in [4.69, 9.17) is 16.7 Å². The predicted octanol–water partition coefficient (Wildman–Crippen LogP) is 1.22. The molecule has 0 radical (unpaired) electrons. The molecule has 2 rings (SSSR count). The van der Waals surface area contributed by atoms with E-state index in [2.05, 4.69) is 0 Å². The van der Waals surface area contributed by atoms with Crippen molar-refractivity contribution in [2.75, 3.05) is 46.4 Å². The zero-order valence-corrected chi connectivity index (χ0v) is 14.1. The largest absolute Gasteiger partial charge is 0.396 e. The van der Waals surface area contributed by atoms with Crippen LogP contribution in [0.25, 0.3) is 0 Å². The highest BCUT2D eigenvalue weighted by Crippen LogP contribution is 2.28. The van der Waals surface area contributed by atoms with E-state index in [1.165, 1.54) is 4.90 Å². The lowest BCUT2D eigenvalue weighted by molar-refractivity contribution is 0.0778. The molecule has 1 heterocycles. The van der Waals surface area contributed by atoms with E-state index in [0.29, 0.717) is 26.2 Å². The topological polar surface area (TPSA) is 64.0 Å². The number of carbonyl (C=O) groups is 1. The van der Waals surface area contributed by atoms with Crippen molar-refractivity contribution in [3.63, 3.8) is 0 Å². The van der Waals surface area contributed by atoms with Crippen LogP contribution < -0.4 is 0 Å². The zero-order valence-electron chi connectivity index (χ0n) is 13.4. The molecule has 2 atom stereocenters. The van der Waals surface area contributed by atoms with Gasteiger partial charge in [0.05, 0.1) is 17.2 Å². The number of hydrogen-bond acceptors (Lipinski definition) is 4. The van der Waals surface area contributed by atoms with Gasteiger partial charge in [0.15, 0.2) is 11.6 Å². The molecule has 0 aliphatic carbocycles. The molecule has 0 aromatic heterocycles. The molecule has 2 N–H and O–H groups in total. The molecule has 1 aromatic carbocycles. The summed E-state index contributed by atoms with van der Waals surface area (Å²) in [4.78, 5) is 16.0. The molecule has 1 aliphatic rings. The number of likely N-dealkylation sites (N-methyl/N-ethyl adjacent to an activating group) is 1. The highest BCUT2D eigenvalue weighted by atomic mass is 35.5. The molecule has 8 heteroatoms. The van der Waals surface area contributed by atoms with Gasteiger partial charge >= 0.3 is 0 Å². The minimum absolute atomic E-state index is 0.0274. The summed E-state index contributed by atoms with van der Waals surface area (Å²) in [5, 5.41) is 18.4. The number of benzene rings is 1. The molecule has 134 valence electrons. The van der Waals surface area contributed by atoms with Crippen LogP contribution in [-0.2, 0) is 0 Å². The van der Waals surface area contributed by atoms with E-state index >= 15 is 0 Å². The van der Waals surface area contributed by atoms with Crippen LogP contribution in [0.3, 0.4) is 0 Å². The molecule has 1 saturated heterocycles. The Bertz CT molecular complexity index is 603. The van der Waals surface area contributed by atoms with Crippen molar-refractivity contribution >= 4 is 17.5 Å². The number of aliphatic hydroxyl groups excluding tert-OH is 2. The van der Waals surface area contributed by atoms with Crippen molar-refractivity contribution in [3.8, 4) is 0 Å². The highest BCUT2D eigenvalue weighted by Gasteiger charge is 2.36. The number of likely N-dealkylation sites (tertiary alicyclic amines) is 1. The summed E-state index contributed by atoms with van der Waals surface area (Å²) >= 11 is 5.87. The molecule has 0 bridgehead atoms. The first-order valence-electron chi connectivity index (χ1n) is 7.71. The van der Waals surface area contributed by atoms with E-state index < -0.39 is 17.5 Å². The SMILES string of the molecule is CN(CCO)C[C@@H]1CN(C(=O)c2cc(F)c(F)cc2Cl)C[C@@H]1CO. The average Bonchev–Trinajstić information content (AvgIpc) is 2.93. The van der Waals surface area contributed by atoms with Gasteiger partial charge in [-0.05, 0) is 25.1 Å². The fourth-order valence-electron chi connectivity index (χ4n) is 3.04. The van der Waals surface area contributed by atoms with E-state index in [0.717, 1.165) is 12.1 Å². The van der Waals surface area contributed by atoms with Gasteiger partial charge < -0.3 is 20.0 Å². The second-order valence-electron chi connectivity index (χ2n) is 6.14. The number of nitrogens with zero attached hydrogens (tertiary/aromatic N) is 2. The lowest BCUT2D eigenvalue weighted by atomic mass is 9.96. The first kappa shape index (κ1) is 19.1. The van der Waals surface area contributed by atoms with E-state index in [-0.39, 0.29) is 35.6 Å². The number of hydrogen-bond donors (Lipinski definition) is 2. The van der Waals surface area contributed by atoms with Gasteiger partial charge in [-0.1, -0.05) is 11.6 Å². The van der Waals surface area contributed by atoms with Crippen LogP contribution in [0.5, 0.6) is 0 Å². The Labute approximate surface area is 144 Å². The Hall–Kier alpha value is -1.28. The van der Waals surface area contributed by atoms with Gasteiger partial charge in [-0.2, -0.15) is 0 Å². The molecule has 24 heavy (non-hydrogen) atoms. The molecule has 0 saturated carbocycles. The lowest BCUT2D eigenvalue weighted by Crippen LogP contribution is -2.33. The monoisotopic (exact) mass is 362 g/mol. The van der Waals surface area contributed by atoms with Crippen LogP contribution in [0, 0.1) is 23.5 Å². The first-order chi connectivity index (χ1) is 11.4. The molecule has 1 amide bonds. The Kier molecular flexibility index (Phi) is 6.51. The fourth-order valence-corrected chi connectivity index (χ4v) is 3.27. The van der Waals surface area contributed by atoms with Crippen molar-refractivity contribution in [1.29, 1.82) is 0 Å². The normalized spacial score (nSPS) is 20.9. The lowest BCUT2D eigenvalue weighted by Gasteiger charge is -2.23. The van der Waals surface area contributed by atoms with Gasteiger partial charge in [-0.15, -0.1) is 0 Å². The summed E-state index contributed by atoms with van der Waals surface area (Å²) in [6.45, 7) is 1.77. The van der Waals surface area contributed by atoms with Crippen molar-refractivity contribution in [3.05, 3.63) is 34.4 Å². The third kappa shape index (κ3) is 4.22. The van der Waals surface area contributed by atoms with Gasteiger partial charge in [0, 0.05) is 38.7 Å². The van der Waals surface area contributed by atoms with Gasteiger partial charge in [-0.25, -0.2) is 8.78 Å². The summed E-state index contributed by atoms with van der Waals surface area (Å²) in [7, 11) is 1.85. The Balaban J connectivity index is 2.12. The molecule has 1 aromatic rings. The van der Waals surface area contributed by atoms with Crippen molar-refractivity contribution in [2.45, 2.75) is 0 Å². The number of halogens is 3. The number of carbonyl (C=O) groups excluding carboxylic acids is 1. The van der Waals surface area contributed by atoms with Gasteiger partial charge in [-0.3, -0.25) is 4.79 Å². The van der Waals surface area contributed by atoms with Crippen molar-refractivity contribution in [2.24, 2.45) is 11.8 Å². The van der Waals surface area contributed by atoms with Gasteiger partial charge in [0.1, 0.15) is 0 Å². The van der Waals surface area contributed by atoms with Crippen LogP contribution in [0.1, 0.15) is 10.4 Å². The molecule has 1 fully saturated rings. The second-order valence-corrected chi connectivity index (χ2v) is 6.55. The molecular formula is C16H21ClF2N2O3. The van der Waals surface area contributed by atoms with Crippen molar-refractivity contribution < 1.29 is 23.8 Å². The predicted molar refractivity (Wildman–Crippen MR) is 85.9 cm³/mol. The number of rotatable bonds is 6. The third-order valence-corrected chi connectivity index (χ3v) is 4.68. The third-order valence-electron chi connectivity index (χ3n) is 4.37. The summed E-state index contributed by atoms with van der Waals surface area (Å²) in [5.74, 6) is -2.79. The second kappa shape index (κ2) is 8.20. The Morgan fingerprint density at radius 3 is 2.54 bits per heavy atom. The molecule has 0 spiro atoms. The standard InChI is InChI=1S/C16H21ClF2N2O3/c1-20(2-3-22)6-10-7-21(8-11(10)9-23)16(24)12-4-14(18)15(19)5-13(12)17/h4-5,10-11,22-23H,2-3,6-9H2,1H3/t10-,11-/m1/s1. The number of aliphatic hydroxyl groups is 2. The summed E-state index contributed by atoms with van der Waals surface area (Å²) in [6.07, 6.45) is 0. The van der Waals surface area contributed by atoms with Gasteiger partial charge in [0.2, 0.25) is 0 Å². The van der Waals surface area contributed by atoms with Crippen molar-refractivity contribution in [1.82, 2.24) is 9.80 Å². The first-order valence-corrected chi connectivity index (χ1v) is 8.09. The van der Waals surface area contributed by atoms with E-state index in [1.54, 1.807) is 0 Å². The van der Waals surface area contributed by atoms with Crippen LogP contribution in [0.4, 0.5) is 8.78 Å². The maximum Gasteiger partial charge on any atom is 0.255 e. The maximum atomic E-state index is 13.4. The van der Waals surface area contributed by atoms with Crippen LogP contribution in [0.2, 0.25) is 5.02 Å². The van der Waals surface area contributed by atoms with Crippen LogP contribution in [0.15, 0.2) is 12.1 Å². The average molecular weight is 363 g/mol. The maximum absolute atomic E-state index is 13.4. The number of amides is 1. The molecular weight excluding hydrogens is 342 g/mol. The zero-order chi connectivity index (χ0) is 17.9. The molecule has 5 nitrogen and oxygen atoms in total. The quantitative estimate of drug-likeness (QED) is 0.747.